The van der Waals surface area contributed by atoms with Gasteiger partial charge in [0, 0.05) is 12.6 Å². The molecule has 6 nitrogen and oxygen atoms in total. The van der Waals surface area contributed by atoms with Crippen LogP contribution in [-0.4, -0.2) is 56.5 Å². The predicted molar refractivity (Wildman–Crippen MR) is 86.5 cm³/mol. The number of carbonyl (C=O) groups is 2. The highest BCUT2D eigenvalue weighted by Gasteiger charge is 2.14. The molecular weight excluding hydrogens is 303 g/mol. The number of nitrogens with one attached hydrogen (secondary N) is 2. The molecule has 0 aliphatic rings. The van der Waals surface area contributed by atoms with Gasteiger partial charge in [0.05, 0.1) is 13.1 Å². The zero-order valence-electron chi connectivity index (χ0n) is 12.6. The minimum Gasteiger partial charge on any atom is -0.353 e. The monoisotopic (exact) mass is 330 g/mol. The molecule has 8 heteroatoms. The van der Waals surface area contributed by atoms with Crippen molar-refractivity contribution in [3.8, 4) is 0 Å². The molecule has 2 amide bonds. The third-order valence-electron chi connectivity index (χ3n) is 2.64. The smallest absolute Gasteiger partial charge is 0.239 e. The quantitative estimate of drug-likeness (QED) is 0.584. The van der Waals surface area contributed by atoms with E-state index in [1.807, 2.05) is 14.1 Å². The minimum atomic E-state index is -0.323. The molecule has 0 bridgehead atoms. The summed E-state index contributed by atoms with van der Waals surface area (Å²) in [7, 11) is 3.99. The Morgan fingerprint density at radius 3 is 2.05 bits per heavy atom. The summed E-state index contributed by atoms with van der Waals surface area (Å²) in [5.41, 5.74) is 5.12. The van der Waals surface area contributed by atoms with Crippen LogP contribution in [0.15, 0.2) is 0 Å². The van der Waals surface area contributed by atoms with Crippen molar-refractivity contribution < 1.29 is 9.59 Å². The summed E-state index contributed by atoms with van der Waals surface area (Å²) < 4.78 is 0. The van der Waals surface area contributed by atoms with Gasteiger partial charge in [-0.2, -0.15) is 0 Å². The fourth-order valence-electron chi connectivity index (χ4n) is 1.57. The van der Waals surface area contributed by atoms with Gasteiger partial charge in [-0.25, -0.2) is 0 Å². The van der Waals surface area contributed by atoms with Crippen LogP contribution in [-0.2, 0) is 9.59 Å². The molecule has 1 unspecified atom stereocenters. The molecule has 0 radical (unpaired) electrons. The van der Waals surface area contributed by atoms with Crippen LogP contribution in [0.25, 0.3) is 0 Å². The molecule has 0 aromatic carbocycles. The molecule has 0 fully saturated rings. The lowest BCUT2D eigenvalue weighted by Crippen LogP contribution is -2.45. The molecule has 0 saturated carbocycles. The molecule has 4 N–H and O–H groups in total. The maximum Gasteiger partial charge on any atom is 0.239 e. The maximum atomic E-state index is 11.5. The molecule has 0 saturated heterocycles. The molecular formula is C12H28Cl2N4O2. The fourth-order valence-corrected chi connectivity index (χ4v) is 1.57. The van der Waals surface area contributed by atoms with Crippen LogP contribution in [0, 0.1) is 5.92 Å². The van der Waals surface area contributed by atoms with Crippen LogP contribution in [0.4, 0.5) is 0 Å². The van der Waals surface area contributed by atoms with E-state index >= 15 is 0 Å². The lowest BCUT2D eigenvalue weighted by molar-refractivity contribution is -0.125. The maximum absolute atomic E-state index is 11.5. The molecule has 0 aromatic heterocycles. The van der Waals surface area contributed by atoms with Crippen LogP contribution in [0.3, 0.4) is 0 Å². The standard InChI is InChI=1S/C12H26N4O2.2ClH/c1-9(2)5-10(16(3)4)7-14-12(18)8-15-11(17)6-13;;/h9-10H,5-8,13H2,1-4H3,(H,14,18)(H,15,17);2*1H. The second-order valence-corrected chi connectivity index (χ2v) is 5.03. The summed E-state index contributed by atoms with van der Waals surface area (Å²) in [5, 5.41) is 5.25. The lowest BCUT2D eigenvalue weighted by atomic mass is 10.0. The van der Waals surface area contributed by atoms with Gasteiger partial charge in [-0.3, -0.25) is 9.59 Å². The van der Waals surface area contributed by atoms with E-state index in [-0.39, 0.29) is 49.7 Å². The van der Waals surface area contributed by atoms with E-state index in [4.69, 9.17) is 5.73 Å². The number of halogens is 2. The molecule has 0 heterocycles. The summed E-state index contributed by atoms with van der Waals surface area (Å²) in [6.45, 7) is 4.78. The predicted octanol–water partition coefficient (Wildman–Crippen LogP) is -0.00260. The summed E-state index contributed by atoms with van der Waals surface area (Å²) in [5.74, 6) is 0.0649. The highest BCUT2D eigenvalue weighted by Crippen LogP contribution is 2.07. The van der Waals surface area contributed by atoms with Gasteiger partial charge in [-0.1, -0.05) is 13.8 Å². The number of hydrogen-bond acceptors (Lipinski definition) is 4. The van der Waals surface area contributed by atoms with Crippen LogP contribution in [0.1, 0.15) is 20.3 Å². The van der Waals surface area contributed by atoms with Gasteiger partial charge < -0.3 is 21.3 Å². The molecule has 0 aliphatic carbocycles. The van der Waals surface area contributed by atoms with E-state index in [1.165, 1.54) is 0 Å². The Bertz CT molecular complexity index is 276. The Balaban J connectivity index is -0.00000144. The zero-order valence-corrected chi connectivity index (χ0v) is 14.3. The van der Waals surface area contributed by atoms with Crippen LogP contribution in [0.5, 0.6) is 0 Å². The Morgan fingerprint density at radius 2 is 1.65 bits per heavy atom. The Morgan fingerprint density at radius 1 is 1.10 bits per heavy atom. The van der Waals surface area contributed by atoms with Crippen molar-refractivity contribution in [2.75, 3.05) is 33.7 Å². The molecule has 20 heavy (non-hydrogen) atoms. The first-order chi connectivity index (χ1) is 8.36. The SMILES string of the molecule is CC(C)CC(CNC(=O)CNC(=O)CN)N(C)C.Cl.Cl. The van der Waals surface area contributed by atoms with Gasteiger partial charge in [0.1, 0.15) is 0 Å². The van der Waals surface area contributed by atoms with Crippen molar-refractivity contribution in [2.45, 2.75) is 26.3 Å². The molecule has 0 aromatic rings. The first-order valence-corrected chi connectivity index (χ1v) is 6.26. The molecule has 0 aliphatic heterocycles. The first kappa shape index (κ1) is 24.5. The van der Waals surface area contributed by atoms with Crippen LogP contribution < -0.4 is 16.4 Å². The van der Waals surface area contributed by atoms with Gasteiger partial charge in [-0.05, 0) is 26.4 Å². The van der Waals surface area contributed by atoms with E-state index < -0.39 is 0 Å². The Hall–Kier alpha value is -0.560. The number of carbonyl (C=O) groups excluding carboxylic acids is 2. The second kappa shape index (κ2) is 13.4. The van der Waals surface area contributed by atoms with Gasteiger partial charge >= 0.3 is 0 Å². The molecule has 1 atom stereocenters. The normalized spacial score (nSPS) is 11.3. The topological polar surface area (TPSA) is 87.5 Å². The molecule has 0 spiro atoms. The van der Waals surface area contributed by atoms with Crippen molar-refractivity contribution >= 4 is 36.6 Å². The zero-order chi connectivity index (χ0) is 14.1. The van der Waals surface area contributed by atoms with E-state index in [1.54, 1.807) is 0 Å². The second-order valence-electron chi connectivity index (χ2n) is 5.03. The summed E-state index contributed by atoms with van der Waals surface area (Å²) in [6.07, 6.45) is 1.02. The van der Waals surface area contributed by atoms with E-state index in [0.29, 0.717) is 18.5 Å². The van der Waals surface area contributed by atoms with E-state index in [2.05, 4.69) is 29.4 Å². The van der Waals surface area contributed by atoms with Gasteiger partial charge in [0.25, 0.3) is 0 Å². The van der Waals surface area contributed by atoms with Gasteiger partial charge in [0.15, 0.2) is 0 Å². The van der Waals surface area contributed by atoms with Crippen molar-refractivity contribution in [1.29, 1.82) is 0 Å². The summed E-state index contributed by atoms with van der Waals surface area (Å²) >= 11 is 0. The van der Waals surface area contributed by atoms with Crippen molar-refractivity contribution in [3.63, 3.8) is 0 Å². The van der Waals surface area contributed by atoms with E-state index in [0.717, 1.165) is 6.42 Å². The lowest BCUT2D eigenvalue weighted by Gasteiger charge is -2.26. The average molecular weight is 331 g/mol. The van der Waals surface area contributed by atoms with Crippen LogP contribution in [0.2, 0.25) is 0 Å². The number of hydrogen-bond donors (Lipinski definition) is 3. The minimum absolute atomic E-state index is 0. The molecule has 122 valence electrons. The third-order valence-corrected chi connectivity index (χ3v) is 2.64. The highest BCUT2D eigenvalue weighted by molar-refractivity contribution is 5.86. The van der Waals surface area contributed by atoms with Crippen molar-refractivity contribution in [3.05, 3.63) is 0 Å². The summed E-state index contributed by atoms with van der Waals surface area (Å²) in [6, 6.07) is 0.305. The van der Waals surface area contributed by atoms with Gasteiger partial charge in [0.2, 0.25) is 11.8 Å². The number of nitrogens with two attached hydrogens (primary N) is 1. The number of likely N-dealkylation sites (N-methyl/N-ethyl adjacent to an activating group) is 1. The summed E-state index contributed by atoms with van der Waals surface area (Å²) in [4.78, 5) is 24.5. The van der Waals surface area contributed by atoms with Crippen molar-refractivity contribution in [2.24, 2.45) is 11.7 Å². The Labute approximate surface area is 134 Å². The van der Waals surface area contributed by atoms with E-state index in [9.17, 15) is 9.59 Å². The van der Waals surface area contributed by atoms with Crippen molar-refractivity contribution in [1.82, 2.24) is 15.5 Å². The number of rotatable bonds is 8. The van der Waals surface area contributed by atoms with Gasteiger partial charge in [-0.15, -0.1) is 24.8 Å². The molecule has 0 rings (SSSR count). The average Bonchev–Trinajstić information content (AvgIpc) is 2.30. The third kappa shape index (κ3) is 12.5. The highest BCUT2D eigenvalue weighted by atomic mass is 35.5. The van der Waals surface area contributed by atoms with Crippen LogP contribution >= 0.6 is 24.8 Å². The number of amides is 2. The first-order valence-electron chi connectivity index (χ1n) is 6.26. The largest absolute Gasteiger partial charge is 0.353 e. The fraction of sp³-hybridized carbons (Fsp3) is 0.833. The number of nitrogens with zero attached hydrogens (tertiary/aromatic N) is 1. The Kier molecular flexibility index (Phi) is 16.4.